The van der Waals surface area contributed by atoms with Gasteiger partial charge in [0.2, 0.25) is 5.91 Å². The van der Waals surface area contributed by atoms with Gasteiger partial charge in [-0.25, -0.2) is 0 Å². The molecular formula is C19H29N7O. The summed E-state index contributed by atoms with van der Waals surface area (Å²) in [6.07, 6.45) is 6.48. The standard InChI is InChI=1S/C19H29N7O/c20-9-14-2-1-3-15(8-14)16-10-22-19(23-11-16)26-7-6-25-5-4-24(13-21)12-17(25)18(26)27/h14-17,19,22-23H,1-8,10-12H2/t14?,15?,16?,17-,19?/m1/s1. The number of carbonyl (C=O) groups excluding carboxylic acids is 1. The molecule has 0 aromatic carbocycles. The molecule has 2 unspecified atom stereocenters. The van der Waals surface area contributed by atoms with Gasteiger partial charge in [0.1, 0.15) is 12.3 Å². The second kappa shape index (κ2) is 8.02. The lowest BCUT2D eigenvalue weighted by Crippen LogP contribution is -2.71. The van der Waals surface area contributed by atoms with E-state index in [0.29, 0.717) is 24.9 Å². The Kier molecular flexibility index (Phi) is 5.49. The molecule has 27 heavy (non-hydrogen) atoms. The van der Waals surface area contributed by atoms with Gasteiger partial charge in [-0.2, -0.15) is 10.5 Å². The maximum atomic E-state index is 13.0. The Balaban J connectivity index is 1.32. The van der Waals surface area contributed by atoms with Crippen molar-refractivity contribution in [1.29, 1.82) is 10.5 Å². The van der Waals surface area contributed by atoms with E-state index in [0.717, 1.165) is 52.0 Å². The number of rotatable bonds is 2. The molecule has 4 aliphatic rings. The number of nitrogens with one attached hydrogen (secondary N) is 2. The first-order chi connectivity index (χ1) is 13.2. The first kappa shape index (κ1) is 18.5. The molecule has 3 atom stereocenters. The fourth-order valence-corrected chi connectivity index (χ4v) is 5.20. The molecule has 0 spiro atoms. The van der Waals surface area contributed by atoms with Gasteiger partial charge in [-0.15, -0.1) is 0 Å². The van der Waals surface area contributed by atoms with Gasteiger partial charge in [-0.3, -0.25) is 20.3 Å². The molecule has 2 N–H and O–H groups in total. The fourth-order valence-electron chi connectivity index (χ4n) is 5.20. The van der Waals surface area contributed by atoms with E-state index in [1.54, 1.807) is 4.90 Å². The van der Waals surface area contributed by atoms with Gasteiger partial charge in [-0.05, 0) is 31.1 Å². The maximum absolute atomic E-state index is 13.0. The molecule has 1 saturated carbocycles. The maximum Gasteiger partial charge on any atom is 0.244 e. The zero-order valence-corrected chi connectivity index (χ0v) is 15.8. The summed E-state index contributed by atoms with van der Waals surface area (Å²) in [5.41, 5.74) is 0. The SMILES string of the molecule is N#CC1CCCC(C2CNC(N3CCN4CCN(C#N)C[C@@H]4C3=O)NC2)C1. The molecule has 146 valence electrons. The highest BCUT2D eigenvalue weighted by atomic mass is 16.2. The van der Waals surface area contributed by atoms with Crippen LogP contribution in [0.4, 0.5) is 0 Å². The van der Waals surface area contributed by atoms with Crippen molar-refractivity contribution in [2.75, 3.05) is 45.8 Å². The summed E-state index contributed by atoms with van der Waals surface area (Å²) in [7, 11) is 0. The third-order valence-corrected chi connectivity index (χ3v) is 6.85. The monoisotopic (exact) mass is 371 g/mol. The van der Waals surface area contributed by atoms with E-state index in [4.69, 9.17) is 5.26 Å². The van der Waals surface area contributed by atoms with Crippen LogP contribution >= 0.6 is 0 Å². The number of nitriles is 2. The molecule has 1 amide bonds. The number of carbonyl (C=O) groups is 1. The number of piperazine rings is 2. The van der Waals surface area contributed by atoms with E-state index >= 15 is 0 Å². The summed E-state index contributed by atoms with van der Waals surface area (Å²) >= 11 is 0. The van der Waals surface area contributed by atoms with Gasteiger partial charge in [0.05, 0.1) is 12.6 Å². The molecule has 3 saturated heterocycles. The van der Waals surface area contributed by atoms with Crippen molar-refractivity contribution in [3.8, 4) is 12.3 Å². The lowest BCUT2D eigenvalue weighted by atomic mass is 9.75. The summed E-state index contributed by atoms with van der Waals surface area (Å²) in [6, 6.07) is 2.24. The summed E-state index contributed by atoms with van der Waals surface area (Å²) in [5.74, 6) is 1.45. The van der Waals surface area contributed by atoms with Crippen molar-refractivity contribution in [2.45, 2.75) is 38.0 Å². The van der Waals surface area contributed by atoms with E-state index in [2.05, 4.69) is 27.8 Å². The van der Waals surface area contributed by atoms with Crippen LogP contribution in [0.25, 0.3) is 0 Å². The Morgan fingerprint density at radius 2 is 1.78 bits per heavy atom. The minimum absolute atomic E-state index is 0.117. The van der Waals surface area contributed by atoms with Crippen molar-refractivity contribution >= 4 is 5.91 Å². The first-order valence-corrected chi connectivity index (χ1v) is 10.2. The van der Waals surface area contributed by atoms with Crippen LogP contribution in [-0.4, -0.2) is 78.8 Å². The largest absolute Gasteiger partial charge is 0.312 e. The predicted octanol–water partition coefficient (Wildman–Crippen LogP) is -0.282. The Morgan fingerprint density at radius 1 is 1.00 bits per heavy atom. The average molecular weight is 371 g/mol. The molecule has 3 aliphatic heterocycles. The summed E-state index contributed by atoms with van der Waals surface area (Å²) in [5, 5.41) is 25.5. The third-order valence-electron chi connectivity index (χ3n) is 6.85. The Bertz CT molecular complexity index is 633. The zero-order chi connectivity index (χ0) is 18.8. The van der Waals surface area contributed by atoms with Crippen molar-refractivity contribution < 1.29 is 4.79 Å². The Hall–Kier alpha value is -1.87. The molecule has 0 aromatic rings. The molecule has 8 nitrogen and oxygen atoms in total. The topological polar surface area (TPSA) is 98.4 Å². The molecule has 0 radical (unpaired) electrons. The van der Waals surface area contributed by atoms with Crippen LogP contribution in [0, 0.1) is 40.5 Å². The van der Waals surface area contributed by atoms with E-state index in [-0.39, 0.29) is 24.2 Å². The first-order valence-electron chi connectivity index (χ1n) is 10.2. The Labute approximate surface area is 161 Å². The van der Waals surface area contributed by atoms with Crippen LogP contribution in [0.1, 0.15) is 25.7 Å². The molecule has 1 aliphatic carbocycles. The number of amides is 1. The smallest absolute Gasteiger partial charge is 0.244 e. The highest BCUT2D eigenvalue weighted by Gasteiger charge is 2.42. The van der Waals surface area contributed by atoms with Gasteiger partial charge in [0.25, 0.3) is 0 Å². The third kappa shape index (κ3) is 3.75. The Morgan fingerprint density at radius 3 is 2.52 bits per heavy atom. The van der Waals surface area contributed by atoms with Crippen molar-refractivity contribution in [3.05, 3.63) is 0 Å². The highest BCUT2D eigenvalue weighted by molar-refractivity contribution is 5.83. The van der Waals surface area contributed by atoms with Gasteiger partial charge in [0, 0.05) is 45.2 Å². The van der Waals surface area contributed by atoms with Crippen molar-refractivity contribution in [2.24, 2.45) is 17.8 Å². The van der Waals surface area contributed by atoms with E-state index < -0.39 is 0 Å². The predicted molar refractivity (Wildman–Crippen MR) is 98.6 cm³/mol. The molecule has 4 fully saturated rings. The summed E-state index contributed by atoms with van der Waals surface area (Å²) < 4.78 is 0. The van der Waals surface area contributed by atoms with E-state index in [9.17, 15) is 10.1 Å². The minimum Gasteiger partial charge on any atom is -0.312 e. The van der Waals surface area contributed by atoms with Crippen LogP contribution in [0.5, 0.6) is 0 Å². The number of nitrogens with zero attached hydrogens (tertiary/aromatic N) is 5. The van der Waals surface area contributed by atoms with Crippen molar-refractivity contribution in [3.63, 3.8) is 0 Å². The molecule has 0 aromatic heterocycles. The van der Waals surface area contributed by atoms with Gasteiger partial charge >= 0.3 is 0 Å². The number of hydrogen-bond acceptors (Lipinski definition) is 7. The average Bonchev–Trinajstić information content (AvgIpc) is 2.74. The fraction of sp³-hybridized carbons (Fsp3) is 0.842. The molecule has 0 bridgehead atoms. The van der Waals surface area contributed by atoms with E-state index in [1.807, 2.05) is 4.90 Å². The molecule has 8 heteroatoms. The van der Waals surface area contributed by atoms with Crippen molar-refractivity contribution in [1.82, 2.24) is 25.3 Å². The zero-order valence-electron chi connectivity index (χ0n) is 15.8. The van der Waals surface area contributed by atoms with Crippen LogP contribution in [-0.2, 0) is 4.79 Å². The highest BCUT2D eigenvalue weighted by Crippen LogP contribution is 2.34. The van der Waals surface area contributed by atoms with Crippen LogP contribution in [0.15, 0.2) is 0 Å². The molecule has 3 heterocycles. The lowest BCUT2D eigenvalue weighted by molar-refractivity contribution is -0.150. The molecule has 4 rings (SSSR count). The van der Waals surface area contributed by atoms with E-state index in [1.165, 1.54) is 6.42 Å². The van der Waals surface area contributed by atoms with Gasteiger partial charge in [0.15, 0.2) is 6.19 Å². The van der Waals surface area contributed by atoms with Crippen LogP contribution < -0.4 is 10.6 Å². The molecular weight excluding hydrogens is 342 g/mol. The quantitative estimate of drug-likeness (QED) is 0.644. The van der Waals surface area contributed by atoms with Crippen LogP contribution in [0.2, 0.25) is 0 Å². The lowest BCUT2D eigenvalue weighted by Gasteiger charge is -2.49. The number of hydrogen-bond donors (Lipinski definition) is 2. The van der Waals surface area contributed by atoms with Gasteiger partial charge in [-0.1, -0.05) is 6.42 Å². The summed E-state index contributed by atoms with van der Waals surface area (Å²) in [4.78, 5) is 18.8. The summed E-state index contributed by atoms with van der Waals surface area (Å²) in [6.45, 7) is 5.37. The number of fused-ring (bicyclic) bond motifs is 1. The normalized spacial score (nSPS) is 38.0. The second-order valence-corrected chi connectivity index (χ2v) is 8.36. The van der Waals surface area contributed by atoms with Crippen LogP contribution in [0.3, 0.4) is 0 Å². The van der Waals surface area contributed by atoms with Gasteiger partial charge < -0.3 is 9.80 Å². The minimum atomic E-state index is -0.205. The second-order valence-electron chi connectivity index (χ2n) is 8.36.